The van der Waals surface area contributed by atoms with Crippen molar-refractivity contribution in [2.24, 2.45) is 5.73 Å². The third-order valence-corrected chi connectivity index (χ3v) is 3.67. The van der Waals surface area contributed by atoms with E-state index in [4.69, 9.17) is 15.2 Å². The molecule has 4 nitrogen and oxygen atoms in total. The molecule has 0 aromatic heterocycles. The van der Waals surface area contributed by atoms with Gasteiger partial charge >= 0.3 is 0 Å². The van der Waals surface area contributed by atoms with Crippen LogP contribution < -0.4 is 10.5 Å². The Labute approximate surface area is 115 Å². The van der Waals surface area contributed by atoms with Gasteiger partial charge in [0.25, 0.3) is 0 Å². The highest BCUT2D eigenvalue weighted by Crippen LogP contribution is 2.34. The van der Waals surface area contributed by atoms with E-state index in [-0.39, 0.29) is 6.04 Å². The van der Waals surface area contributed by atoms with E-state index in [1.165, 1.54) is 18.4 Å². The van der Waals surface area contributed by atoms with Gasteiger partial charge in [0, 0.05) is 32.3 Å². The smallest absolute Gasteiger partial charge is 0.119 e. The van der Waals surface area contributed by atoms with E-state index in [2.05, 4.69) is 17.0 Å². The van der Waals surface area contributed by atoms with Crippen molar-refractivity contribution in [2.45, 2.75) is 24.9 Å². The second kappa shape index (κ2) is 6.89. The standard InChI is InChI=1S/C15H24N2O2/c1-18-9-8-17(13-6-7-13)15(11-16)12-4-3-5-14(10-12)19-2/h3-5,10,13,15H,6-9,11,16H2,1-2H3. The minimum absolute atomic E-state index is 0.248. The summed E-state index contributed by atoms with van der Waals surface area (Å²) in [5.41, 5.74) is 7.24. The predicted octanol–water partition coefficient (Wildman–Crippen LogP) is 1.81. The lowest BCUT2D eigenvalue weighted by Crippen LogP contribution is -2.37. The second-order valence-electron chi connectivity index (χ2n) is 4.99. The molecule has 0 aliphatic heterocycles. The zero-order valence-corrected chi connectivity index (χ0v) is 11.8. The van der Waals surface area contributed by atoms with Crippen LogP contribution in [0.25, 0.3) is 0 Å². The Kier molecular flexibility index (Phi) is 5.19. The summed E-state index contributed by atoms with van der Waals surface area (Å²) in [6.45, 7) is 2.30. The molecule has 1 aliphatic carbocycles. The normalized spacial score (nSPS) is 16.6. The summed E-state index contributed by atoms with van der Waals surface area (Å²) >= 11 is 0. The zero-order chi connectivity index (χ0) is 13.7. The SMILES string of the molecule is COCCN(C1CC1)C(CN)c1cccc(OC)c1. The third kappa shape index (κ3) is 3.69. The molecule has 1 saturated carbocycles. The van der Waals surface area contributed by atoms with Crippen LogP contribution in [0, 0.1) is 0 Å². The van der Waals surface area contributed by atoms with Crippen LogP contribution in [0.5, 0.6) is 5.75 Å². The number of rotatable bonds is 8. The van der Waals surface area contributed by atoms with E-state index in [1.807, 2.05) is 12.1 Å². The Balaban J connectivity index is 2.15. The molecule has 4 heteroatoms. The minimum atomic E-state index is 0.248. The number of methoxy groups -OCH3 is 2. The quantitative estimate of drug-likeness (QED) is 0.778. The fraction of sp³-hybridized carbons (Fsp3) is 0.600. The third-order valence-electron chi connectivity index (χ3n) is 3.67. The molecule has 19 heavy (non-hydrogen) atoms. The Hall–Kier alpha value is -1.10. The van der Waals surface area contributed by atoms with Crippen molar-refractivity contribution in [3.8, 4) is 5.75 Å². The van der Waals surface area contributed by atoms with Crippen LogP contribution in [0.1, 0.15) is 24.4 Å². The van der Waals surface area contributed by atoms with E-state index in [9.17, 15) is 0 Å². The average Bonchev–Trinajstić information content (AvgIpc) is 3.28. The summed E-state index contributed by atoms with van der Waals surface area (Å²) in [6, 6.07) is 9.11. The molecular weight excluding hydrogens is 240 g/mol. The lowest BCUT2D eigenvalue weighted by molar-refractivity contribution is 0.115. The molecule has 106 valence electrons. The molecule has 0 heterocycles. The first-order valence-corrected chi connectivity index (χ1v) is 6.88. The highest BCUT2D eigenvalue weighted by Gasteiger charge is 2.33. The summed E-state index contributed by atoms with van der Waals surface area (Å²) in [5.74, 6) is 0.887. The van der Waals surface area contributed by atoms with Gasteiger partial charge in [-0.25, -0.2) is 0 Å². The van der Waals surface area contributed by atoms with Crippen LogP contribution in [0.4, 0.5) is 0 Å². The number of benzene rings is 1. The summed E-state index contributed by atoms with van der Waals surface area (Å²) in [4.78, 5) is 2.47. The largest absolute Gasteiger partial charge is 0.497 e. The summed E-state index contributed by atoms with van der Waals surface area (Å²) in [6.07, 6.45) is 2.54. The van der Waals surface area contributed by atoms with Crippen LogP contribution in [0.15, 0.2) is 24.3 Å². The monoisotopic (exact) mass is 264 g/mol. The molecule has 1 fully saturated rings. The average molecular weight is 264 g/mol. The second-order valence-corrected chi connectivity index (χ2v) is 4.99. The van der Waals surface area contributed by atoms with Crippen molar-refractivity contribution in [2.75, 3.05) is 33.9 Å². The van der Waals surface area contributed by atoms with E-state index in [1.54, 1.807) is 14.2 Å². The first-order chi connectivity index (χ1) is 9.30. The predicted molar refractivity (Wildman–Crippen MR) is 76.4 cm³/mol. The van der Waals surface area contributed by atoms with Crippen molar-refractivity contribution in [3.05, 3.63) is 29.8 Å². The molecule has 0 saturated heterocycles. The van der Waals surface area contributed by atoms with Gasteiger partial charge in [-0.1, -0.05) is 12.1 Å². The molecule has 1 unspecified atom stereocenters. The first-order valence-electron chi connectivity index (χ1n) is 6.88. The molecule has 0 bridgehead atoms. The minimum Gasteiger partial charge on any atom is -0.497 e. The van der Waals surface area contributed by atoms with Gasteiger partial charge in [0.2, 0.25) is 0 Å². The Morgan fingerprint density at radius 3 is 2.74 bits per heavy atom. The van der Waals surface area contributed by atoms with Crippen LogP contribution >= 0.6 is 0 Å². The van der Waals surface area contributed by atoms with Crippen molar-refractivity contribution in [3.63, 3.8) is 0 Å². The molecule has 1 atom stereocenters. The van der Waals surface area contributed by atoms with Crippen molar-refractivity contribution in [1.82, 2.24) is 4.90 Å². The van der Waals surface area contributed by atoms with E-state index >= 15 is 0 Å². The lowest BCUT2D eigenvalue weighted by Gasteiger charge is -2.31. The summed E-state index contributed by atoms with van der Waals surface area (Å²) < 4.78 is 10.5. The van der Waals surface area contributed by atoms with Gasteiger partial charge in [-0.05, 0) is 30.5 Å². The Bertz CT molecular complexity index is 393. The van der Waals surface area contributed by atoms with Crippen LogP contribution in [0.3, 0.4) is 0 Å². The first kappa shape index (κ1) is 14.3. The van der Waals surface area contributed by atoms with Gasteiger partial charge < -0.3 is 15.2 Å². The number of hydrogen-bond donors (Lipinski definition) is 1. The number of nitrogens with zero attached hydrogens (tertiary/aromatic N) is 1. The van der Waals surface area contributed by atoms with Gasteiger partial charge in [-0.2, -0.15) is 0 Å². The maximum Gasteiger partial charge on any atom is 0.119 e. The topological polar surface area (TPSA) is 47.7 Å². The number of nitrogens with two attached hydrogens (primary N) is 1. The maximum absolute atomic E-state index is 6.01. The molecule has 1 aromatic rings. The van der Waals surface area contributed by atoms with Gasteiger partial charge in [-0.15, -0.1) is 0 Å². The maximum atomic E-state index is 6.01. The highest BCUT2D eigenvalue weighted by molar-refractivity contribution is 5.31. The van der Waals surface area contributed by atoms with E-state index in [0.29, 0.717) is 12.6 Å². The van der Waals surface area contributed by atoms with Gasteiger partial charge in [0.05, 0.1) is 13.7 Å². The molecule has 2 N–H and O–H groups in total. The molecule has 0 radical (unpaired) electrons. The van der Waals surface area contributed by atoms with E-state index in [0.717, 1.165) is 18.9 Å². The molecule has 1 aliphatic rings. The molecule has 0 spiro atoms. The van der Waals surface area contributed by atoms with Gasteiger partial charge in [0.1, 0.15) is 5.75 Å². The fourth-order valence-electron chi connectivity index (χ4n) is 2.51. The number of hydrogen-bond acceptors (Lipinski definition) is 4. The fourth-order valence-corrected chi connectivity index (χ4v) is 2.51. The Morgan fingerprint density at radius 2 is 2.16 bits per heavy atom. The van der Waals surface area contributed by atoms with Crippen molar-refractivity contribution in [1.29, 1.82) is 0 Å². The zero-order valence-electron chi connectivity index (χ0n) is 11.8. The van der Waals surface area contributed by atoms with Gasteiger partial charge in [-0.3, -0.25) is 4.90 Å². The molecule has 1 aromatic carbocycles. The van der Waals surface area contributed by atoms with Crippen LogP contribution in [-0.4, -0.2) is 44.9 Å². The lowest BCUT2D eigenvalue weighted by atomic mass is 10.0. The van der Waals surface area contributed by atoms with Crippen LogP contribution in [-0.2, 0) is 4.74 Å². The molecular formula is C15H24N2O2. The van der Waals surface area contributed by atoms with Crippen molar-refractivity contribution >= 4 is 0 Å². The molecule has 0 amide bonds. The number of ether oxygens (including phenoxy) is 2. The van der Waals surface area contributed by atoms with Gasteiger partial charge in [0.15, 0.2) is 0 Å². The van der Waals surface area contributed by atoms with Crippen molar-refractivity contribution < 1.29 is 9.47 Å². The summed E-state index contributed by atoms with van der Waals surface area (Å²) in [5, 5.41) is 0. The van der Waals surface area contributed by atoms with E-state index < -0.39 is 0 Å². The summed E-state index contributed by atoms with van der Waals surface area (Å²) in [7, 11) is 3.44. The molecule has 2 rings (SSSR count). The Morgan fingerprint density at radius 1 is 1.37 bits per heavy atom. The highest BCUT2D eigenvalue weighted by atomic mass is 16.5. The van der Waals surface area contributed by atoms with Crippen LogP contribution in [0.2, 0.25) is 0 Å².